The Morgan fingerprint density at radius 1 is 1.32 bits per heavy atom. The monoisotopic (exact) mass is 280 g/mol. The van der Waals surface area contributed by atoms with E-state index < -0.39 is 0 Å². The number of hydrogen-bond acceptors (Lipinski definition) is 2. The number of nitrogens with one attached hydrogen (secondary N) is 1. The maximum absolute atomic E-state index is 11.7. The van der Waals surface area contributed by atoms with Gasteiger partial charge in [0.2, 0.25) is 5.91 Å². The van der Waals surface area contributed by atoms with Crippen molar-refractivity contribution in [2.75, 3.05) is 5.32 Å². The quantitative estimate of drug-likeness (QED) is 0.888. The maximum Gasteiger partial charge on any atom is 0.240 e. The van der Waals surface area contributed by atoms with Crippen LogP contribution in [0.15, 0.2) is 24.3 Å². The molecule has 3 N–H and O–H groups in total. The molecule has 0 heterocycles. The van der Waals surface area contributed by atoms with Crippen molar-refractivity contribution in [2.45, 2.75) is 38.6 Å². The summed E-state index contributed by atoms with van der Waals surface area (Å²) >= 11 is 6.12. The summed E-state index contributed by atoms with van der Waals surface area (Å²) < 4.78 is 0. The molecule has 0 saturated heterocycles. The molecule has 4 heteroatoms. The van der Waals surface area contributed by atoms with Crippen molar-refractivity contribution in [3.05, 3.63) is 29.3 Å². The van der Waals surface area contributed by atoms with Gasteiger partial charge in [-0.05, 0) is 36.8 Å². The fourth-order valence-corrected chi connectivity index (χ4v) is 2.98. The largest absolute Gasteiger partial charge is 0.372 e. The van der Waals surface area contributed by atoms with Crippen LogP contribution >= 0.6 is 11.6 Å². The SMILES string of the molecule is CC1CCC(C(Nc2ccccc2Cl)C(N)=O)CC1. The second-order valence-corrected chi connectivity index (χ2v) is 5.93. The Kier molecular flexibility index (Phi) is 4.70. The van der Waals surface area contributed by atoms with Crippen molar-refractivity contribution in [3.8, 4) is 0 Å². The first-order valence-electron chi connectivity index (χ1n) is 6.88. The second-order valence-electron chi connectivity index (χ2n) is 5.52. The molecule has 19 heavy (non-hydrogen) atoms. The third-order valence-electron chi connectivity index (χ3n) is 4.02. The first-order chi connectivity index (χ1) is 9.08. The lowest BCUT2D eigenvalue weighted by molar-refractivity contribution is -0.120. The summed E-state index contributed by atoms with van der Waals surface area (Å²) in [5.41, 5.74) is 6.34. The molecule has 0 aliphatic heterocycles. The Labute approximate surface area is 119 Å². The van der Waals surface area contributed by atoms with E-state index in [1.165, 1.54) is 12.8 Å². The van der Waals surface area contributed by atoms with Crippen LogP contribution in [-0.2, 0) is 4.79 Å². The predicted molar refractivity (Wildman–Crippen MR) is 79.2 cm³/mol. The minimum absolute atomic E-state index is 0.292. The summed E-state index contributed by atoms with van der Waals surface area (Å²) in [6.07, 6.45) is 4.43. The molecule has 1 unspecified atom stereocenters. The van der Waals surface area contributed by atoms with Gasteiger partial charge in [-0.2, -0.15) is 0 Å². The Hall–Kier alpha value is -1.22. The van der Waals surface area contributed by atoms with Gasteiger partial charge in [-0.15, -0.1) is 0 Å². The summed E-state index contributed by atoms with van der Waals surface area (Å²) in [6, 6.07) is 7.13. The topological polar surface area (TPSA) is 55.1 Å². The van der Waals surface area contributed by atoms with E-state index in [1.807, 2.05) is 24.3 Å². The molecule has 1 aromatic rings. The van der Waals surface area contributed by atoms with Crippen molar-refractivity contribution in [1.82, 2.24) is 0 Å². The third kappa shape index (κ3) is 3.63. The zero-order valence-corrected chi connectivity index (χ0v) is 12.0. The van der Waals surface area contributed by atoms with E-state index in [-0.39, 0.29) is 11.9 Å². The number of amides is 1. The van der Waals surface area contributed by atoms with Gasteiger partial charge in [0.05, 0.1) is 10.7 Å². The van der Waals surface area contributed by atoms with Gasteiger partial charge in [0, 0.05) is 0 Å². The average molecular weight is 281 g/mol. The van der Waals surface area contributed by atoms with E-state index in [1.54, 1.807) is 0 Å². The van der Waals surface area contributed by atoms with E-state index in [4.69, 9.17) is 17.3 Å². The molecule has 0 bridgehead atoms. The standard InChI is InChI=1S/C15H21ClN2O/c1-10-6-8-11(9-7-10)14(15(17)19)18-13-5-3-2-4-12(13)16/h2-5,10-11,14,18H,6-9H2,1H3,(H2,17,19). The third-order valence-corrected chi connectivity index (χ3v) is 4.35. The van der Waals surface area contributed by atoms with Crippen LogP contribution in [0.5, 0.6) is 0 Å². The summed E-state index contributed by atoms with van der Waals surface area (Å²) in [4.78, 5) is 11.7. The van der Waals surface area contributed by atoms with Gasteiger partial charge in [-0.1, -0.05) is 43.5 Å². The Morgan fingerprint density at radius 3 is 2.53 bits per heavy atom. The van der Waals surface area contributed by atoms with Crippen molar-refractivity contribution in [2.24, 2.45) is 17.6 Å². The summed E-state index contributed by atoms with van der Waals surface area (Å²) in [7, 11) is 0. The fourth-order valence-electron chi connectivity index (χ4n) is 2.79. The summed E-state index contributed by atoms with van der Waals surface area (Å²) in [5, 5.41) is 3.85. The highest BCUT2D eigenvalue weighted by molar-refractivity contribution is 6.33. The highest BCUT2D eigenvalue weighted by Crippen LogP contribution is 2.32. The molecule has 2 rings (SSSR count). The van der Waals surface area contributed by atoms with Gasteiger partial charge in [-0.3, -0.25) is 4.79 Å². The molecule has 1 aliphatic rings. The molecular formula is C15H21ClN2O. The number of primary amides is 1. The molecule has 1 aliphatic carbocycles. The van der Waals surface area contributed by atoms with E-state index in [2.05, 4.69) is 12.2 Å². The Balaban J connectivity index is 2.09. The maximum atomic E-state index is 11.7. The first kappa shape index (κ1) is 14.2. The van der Waals surface area contributed by atoms with Crippen molar-refractivity contribution < 1.29 is 4.79 Å². The van der Waals surface area contributed by atoms with Crippen LogP contribution in [0, 0.1) is 11.8 Å². The lowest BCUT2D eigenvalue weighted by Gasteiger charge is -2.32. The number of halogens is 1. The lowest BCUT2D eigenvalue weighted by Crippen LogP contribution is -2.42. The average Bonchev–Trinajstić information content (AvgIpc) is 2.39. The minimum atomic E-state index is -0.326. The number of para-hydroxylation sites is 1. The van der Waals surface area contributed by atoms with Crippen molar-refractivity contribution in [3.63, 3.8) is 0 Å². The molecule has 1 atom stereocenters. The smallest absolute Gasteiger partial charge is 0.240 e. The van der Waals surface area contributed by atoms with Gasteiger partial charge in [-0.25, -0.2) is 0 Å². The van der Waals surface area contributed by atoms with Gasteiger partial charge < -0.3 is 11.1 Å². The molecule has 104 valence electrons. The lowest BCUT2D eigenvalue weighted by atomic mass is 9.79. The van der Waals surface area contributed by atoms with Gasteiger partial charge in [0.1, 0.15) is 6.04 Å². The molecule has 0 spiro atoms. The fraction of sp³-hybridized carbons (Fsp3) is 0.533. The van der Waals surface area contributed by atoms with E-state index in [0.717, 1.165) is 24.4 Å². The number of benzene rings is 1. The molecule has 1 saturated carbocycles. The molecule has 0 radical (unpaired) electrons. The molecule has 0 aromatic heterocycles. The van der Waals surface area contributed by atoms with Crippen LogP contribution in [0.2, 0.25) is 5.02 Å². The zero-order chi connectivity index (χ0) is 13.8. The zero-order valence-electron chi connectivity index (χ0n) is 11.2. The van der Waals surface area contributed by atoms with Crippen molar-refractivity contribution >= 4 is 23.2 Å². The first-order valence-corrected chi connectivity index (χ1v) is 7.26. The normalized spacial score (nSPS) is 24.7. The van der Waals surface area contributed by atoms with Crippen LogP contribution in [0.25, 0.3) is 0 Å². The van der Waals surface area contributed by atoms with E-state index in [0.29, 0.717) is 10.9 Å². The van der Waals surface area contributed by atoms with E-state index >= 15 is 0 Å². The Bertz CT molecular complexity index is 442. The molecule has 1 fully saturated rings. The van der Waals surface area contributed by atoms with Gasteiger partial charge >= 0.3 is 0 Å². The summed E-state index contributed by atoms with van der Waals surface area (Å²) in [6.45, 7) is 2.26. The van der Waals surface area contributed by atoms with Crippen molar-refractivity contribution in [1.29, 1.82) is 0 Å². The molecule has 1 amide bonds. The number of nitrogens with two attached hydrogens (primary N) is 1. The molecular weight excluding hydrogens is 260 g/mol. The number of rotatable bonds is 4. The number of carbonyl (C=O) groups is 1. The number of carbonyl (C=O) groups excluding carboxylic acids is 1. The predicted octanol–water partition coefficient (Wildman–Crippen LogP) is 3.43. The van der Waals surface area contributed by atoms with Crippen LogP contribution < -0.4 is 11.1 Å². The number of anilines is 1. The van der Waals surface area contributed by atoms with Crippen LogP contribution in [0.3, 0.4) is 0 Å². The Morgan fingerprint density at radius 2 is 1.95 bits per heavy atom. The van der Waals surface area contributed by atoms with E-state index in [9.17, 15) is 4.79 Å². The highest BCUT2D eigenvalue weighted by Gasteiger charge is 2.30. The second kappa shape index (κ2) is 6.29. The number of hydrogen-bond donors (Lipinski definition) is 2. The highest BCUT2D eigenvalue weighted by atomic mass is 35.5. The minimum Gasteiger partial charge on any atom is -0.372 e. The van der Waals surface area contributed by atoms with Crippen LogP contribution in [-0.4, -0.2) is 11.9 Å². The molecule has 3 nitrogen and oxygen atoms in total. The van der Waals surface area contributed by atoms with Gasteiger partial charge in [0.25, 0.3) is 0 Å². The summed E-state index contributed by atoms with van der Waals surface area (Å²) in [5.74, 6) is 0.773. The van der Waals surface area contributed by atoms with Crippen LogP contribution in [0.4, 0.5) is 5.69 Å². The van der Waals surface area contributed by atoms with Gasteiger partial charge in [0.15, 0.2) is 0 Å². The van der Waals surface area contributed by atoms with Crippen LogP contribution in [0.1, 0.15) is 32.6 Å². The molecule has 1 aromatic carbocycles.